The van der Waals surface area contributed by atoms with E-state index in [-0.39, 0.29) is 11.6 Å². The molecule has 0 bridgehead atoms. The van der Waals surface area contributed by atoms with E-state index in [9.17, 15) is 0 Å². The van der Waals surface area contributed by atoms with E-state index < -0.39 is 0 Å². The summed E-state index contributed by atoms with van der Waals surface area (Å²) in [4.78, 5) is 0. The molecule has 2 atom stereocenters. The number of aryl methyl sites for hydroxylation is 1. The van der Waals surface area contributed by atoms with Crippen molar-refractivity contribution in [2.24, 2.45) is 11.7 Å². The first-order chi connectivity index (χ1) is 8.14. The number of ether oxygens (including phenoxy) is 1. The van der Waals surface area contributed by atoms with Crippen LogP contribution >= 0.6 is 0 Å². The van der Waals surface area contributed by atoms with Crippen molar-refractivity contribution in [3.63, 3.8) is 0 Å². The Bertz CT molecular complexity index is 439. The highest BCUT2D eigenvalue weighted by molar-refractivity contribution is 5.41. The van der Waals surface area contributed by atoms with Crippen LogP contribution in [0.15, 0.2) is 18.2 Å². The normalized spacial score (nSPS) is 31.8. The molecule has 1 unspecified atom stereocenters. The first kappa shape index (κ1) is 11.1. The summed E-state index contributed by atoms with van der Waals surface area (Å²) >= 11 is 0. The van der Waals surface area contributed by atoms with Gasteiger partial charge in [-0.25, -0.2) is 0 Å². The molecule has 17 heavy (non-hydrogen) atoms. The summed E-state index contributed by atoms with van der Waals surface area (Å²) < 4.78 is 6.34. The Kier molecular flexibility index (Phi) is 2.44. The van der Waals surface area contributed by atoms with Gasteiger partial charge >= 0.3 is 0 Å². The third kappa shape index (κ3) is 1.75. The van der Waals surface area contributed by atoms with Crippen LogP contribution in [0.3, 0.4) is 0 Å². The second kappa shape index (κ2) is 3.74. The Balaban J connectivity index is 1.99. The molecule has 2 nitrogen and oxygen atoms in total. The molecule has 0 spiro atoms. The van der Waals surface area contributed by atoms with E-state index in [0.717, 1.165) is 24.5 Å². The van der Waals surface area contributed by atoms with Crippen LogP contribution in [0, 0.1) is 12.8 Å². The Morgan fingerprint density at radius 1 is 1.41 bits per heavy atom. The first-order valence-electron chi connectivity index (χ1n) is 6.70. The van der Waals surface area contributed by atoms with Crippen LogP contribution in [-0.2, 0) is 0 Å². The van der Waals surface area contributed by atoms with Crippen molar-refractivity contribution in [1.29, 1.82) is 0 Å². The lowest BCUT2D eigenvalue weighted by molar-refractivity contribution is 0.0107. The van der Waals surface area contributed by atoms with Crippen LogP contribution in [-0.4, -0.2) is 5.60 Å². The fourth-order valence-electron chi connectivity index (χ4n) is 3.16. The zero-order chi connectivity index (χ0) is 12.0. The average Bonchev–Trinajstić information content (AvgIpc) is 3.14. The molecule has 2 aliphatic rings. The molecule has 0 radical (unpaired) electrons. The lowest BCUT2D eigenvalue weighted by atomic mass is 9.82. The summed E-state index contributed by atoms with van der Waals surface area (Å²) in [5.74, 6) is 1.75. The van der Waals surface area contributed by atoms with E-state index in [2.05, 4.69) is 32.0 Å². The number of benzene rings is 1. The molecule has 2 N–H and O–H groups in total. The van der Waals surface area contributed by atoms with Gasteiger partial charge in [-0.3, -0.25) is 0 Å². The van der Waals surface area contributed by atoms with E-state index in [1.807, 2.05) is 0 Å². The molecular formula is C15H21NO. The van der Waals surface area contributed by atoms with E-state index >= 15 is 0 Å². The maximum absolute atomic E-state index is 6.35. The van der Waals surface area contributed by atoms with Crippen LogP contribution in [0.2, 0.25) is 0 Å². The van der Waals surface area contributed by atoms with Gasteiger partial charge in [-0.2, -0.15) is 0 Å². The van der Waals surface area contributed by atoms with Crippen LogP contribution in [0.25, 0.3) is 0 Å². The molecule has 1 aromatic rings. The zero-order valence-corrected chi connectivity index (χ0v) is 10.7. The highest BCUT2D eigenvalue weighted by Crippen LogP contribution is 2.51. The summed E-state index contributed by atoms with van der Waals surface area (Å²) in [5.41, 5.74) is 8.82. The van der Waals surface area contributed by atoms with Gasteiger partial charge in [-0.15, -0.1) is 0 Å². The van der Waals surface area contributed by atoms with Gasteiger partial charge in [-0.1, -0.05) is 24.6 Å². The summed E-state index contributed by atoms with van der Waals surface area (Å²) in [6.45, 7) is 4.33. The van der Waals surface area contributed by atoms with Crippen molar-refractivity contribution in [1.82, 2.24) is 0 Å². The lowest BCUT2D eigenvalue weighted by Crippen LogP contribution is -2.44. The standard InChI is InChI=1S/C15H21NO/c1-3-15(11-5-6-11)9-13(16)12-8-10(2)4-7-14(12)17-15/h4,7-8,11,13H,3,5-6,9,16H2,1-2H3/t13-,15?/m0/s1. The minimum absolute atomic E-state index is 0.0156. The molecule has 1 heterocycles. The molecule has 0 saturated heterocycles. The molecule has 92 valence electrons. The second-order valence-corrected chi connectivity index (χ2v) is 5.65. The molecule has 1 fully saturated rings. The number of fused-ring (bicyclic) bond motifs is 1. The third-order valence-corrected chi connectivity index (χ3v) is 4.36. The third-order valence-electron chi connectivity index (χ3n) is 4.36. The van der Waals surface area contributed by atoms with Crippen molar-refractivity contribution in [2.45, 2.75) is 51.2 Å². The number of hydrogen-bond acceptors (Lipinski definition) is 2. The van der Waals surface area contributed by atoms with Gasteiger partial charge in [0.1, 0.15) is 11.4 Å². The summed E-state index contributed by atoms with van der Waals surface area (Å²) in [6.07, 6.45) is 4.66. The molecule has 1 aromatic carbocycles. The van der Waals surface area contributed by atoms with Gasteiger partial charge in [0, 0.05) is 18.0 Å². The summed E-state index contributed by atoms with van der Waals surface area (Å²) in [7, 11) is 0. The molecule has 1 aliphatic carbocycles. The monoisotopic (exact) mass is 231 g/mol. The smallest absolute Gasteiger partial charge is 0.124 e. The predicted octanol–water partition coefficient (Wildman–Crippen LogP) is 3.34. The minimum atomic E-state index is 0.0156. The molecule has 3 rings (SSSR count). The Morgan fingerprint density at radius 2 is 2.18 bits per heavy atom. The molecule has 1 saturated carbocycles. The molecule has 2 heteroatoms. The fourth-order valence-corrected chi connectivity index (χ4v) is 3.16. The van der Waals surface area contributed by atoms with Crippen LogP contribution in [0.5, 0.6) is 5.75 Å². The Labute approximate surface area is 103 Å². The van der Waals surface area contributed by atoms with Crippen LogP contribution in [0.4, 0.5) is 0 Å². The quantitative estimate of drug-likeness (QED) is 0.847. The van der Waals surface area contributed by atoms with E-state index in [1.165, 1.54) is 24.0 Å². The molecule has 1 aliphatic heterocycles. The minimum Gasteiger partial charge on any atom is -0.487 e. The number of hydrogen-bond donors (Lipinski definition) is 1. The predicted molar refractivity (Wildman–Crippen MR) is 69.1 cm³/mol. The van der Waals surface area contributed by atoms with Gasteiger partial charge < -0.3 is 10.5 Å². The van der Waals surface area contributed by atoms with Gasteiger partial charge in [0.25, 0.3) is 0 Å². The van der Waals surface area contributed by atoms with Crippen LogP contribution in [0.1, 0.15) is 49.8 Å². The zero-order valence-electron chi connectivity index (χ0n) is 10.7. The van der Waals surface area contributed by atoms with Crippen molar-refractivity contribution in [3.8, 4) is 5.75 Å². The molecule has 0 amide bonds. The van der Waals surface area contributed by atoms with Crippen LogP contribution < -0.4 is 10.5 Å². The second-order valence-electron chi connectivity index (χ2n) is 5.65. The summed E-state index contributed by atoms with van der Waals surface area (Å²) in [5, 5.41) is 0. The van der Waals surface area contributed by atoms with Gasteiger partial charge in [-0.05, 0) is 38.2 Å². The maximum atomic E-state index is 6.35. The highest BCUT2D eigenvalue weighted by atomic mass is 16.5. The maximum Gasteiger partial charge on any atom is 0.124 e. The van der Waals surface area contributed by atoms with Gasteiger partial charge in [0.15, 0.2) is 0 Å². The summed E-state index contributed by atoms with van der Waals surface area (Å²) in [6, 6.07) is 6.52. The Morgan fingerprint density at radius 3 is 2.82 bits per heavy atom. The van der Waals surface area contributed by atoms with E-state index in [1.54, 1.807) is 0 Å². The lowest BCUT2D eigenvalue weighted by Gasteiger charge is -2.41. The van der Waals surface area contributed by atoms with Crippen molar-refractivity contribution >= 4 is 0 Å². The van der Waals surface area contributed by atoms with E-state index in [4.69, 9.17) is 10.5 Å². The van der Waals surface area contributed by atoms with Crippen molar-refractivity contribution < 1.29 is 4.74 Å². The molecular weight excluding hydrogens is 210 g/mol. The molecule has 0 aromatic heterocycles. The van der Waals surface area contributed by atoms with Crippen molar-refractivity contribution in [2.75, 3.05) is 0 Å². The largest absolute Gasteiger partial charge is 0.487 e. The average molecular weight is 231 g/mol. The van der Waals surface area contributed by atoms with Crippen molar-refractivity contribution in [3.05, 3.63) is 29.3 Å². The van der Waals surface area contributed by atoms with Gasteiger partial charge in [0.05, 0.1) is 0 Å². The van der Waals surface area contributed by atoms with Gasteiger partial charge in [0.2, 0.25) is 0 Å². The van der Waals surface area contributed by atoms with E-state index in [0.29, 0.717) is 0 Å². The highest BCUT2D eigenvalue weighted by Gasteiger charge is 2.49. The SMILES string of the molecule is CCC1(C2CC2)C[C@H](N)c2cc(C)ccc2O1. The number of rotatable bonds is 2. The first-order valence-corrected chi connectivity index (χ1v) is 6.70. The topological polar surface area (TPSA) is 35.2 Å². The Hall–Kier alpha value is -1.02. The number of nitrogens with two attached hydrogens (primary N) is 1. The fraction of sp³-hybridized carbons (Fsp3) is 0.600.